The molecular formula is C10H22O3Si. The fraction of sp³-hybridized carbons (Fsp3) is 0.900. The van der Waals surface area contributed by atoms with Crippen LogP contribution in [0.4, 0.5) is 0 Å². The molecule has 0 aliphatic carbocycles. The molecule has 0 aromatic heterocycles. The first-order valence-electron chi connectivity index (χ1n) is 5.02. The van der Waals surface area contributed by atoms with Crippen LogP contribution in [0.25, 0.3) is 0 Å². The fourth-order valence-corrected chi connectivity index (χ4v) is 2.17. The minimum Gasteiger partial charge on any atom is -0.479 e. The van der Waals surface area contributed by atoms with Crippen molar-refractivity contribution < 1.29 is 14.3 Å². The van der Waals surface area contributed by atoms with Crippen molar-refractivity contribution in [3.05, 3.63) is 0 Å². The molecule has 0 aromatic rings. The van der Waals surface area contributed by atoms with Gasteiger partial charge in [0.05, 0.1) is 0 Å². The van der Waals surface area contributed by atoms with Gasteiger partial charge in [-0.05, 0) is 24.6 Å². The van der Waals surface area contributed by atoms with E-state index in [4.69, 9.17) is 9.53 Å². The van der Waals surface area contributed by atoms with Crippen LogP contribution in [0.5, 0.6) is 0 Å². The van der Waals surface area contributed by atoms with Gasteiger partial charge < -0.3 is 9.53 Å². The second-order valence-corrected chi connectivity index (χ2v) is 9.87. The van der Waals surface area contributed by atoms with Crippen LogP contribution in [-0.2, 0) is 9.22 Å². The van der Waals surface area contributed by atoms with Crippen LogP contribution in [0.3, 0.4) is 0 Å². The van der Waals surface area contributed by atoms with Crippen molar-refractivity contribution >= 4 is 14.3 Å². The van der Waals surface area contributed by atoms with Crippen molar-refractivity contribution in [2.24, 2.45) is 0 Å². The van der Waals surface area contributed by atoms with E-state index in [0.29, 0.717) is 6.42 Å². The average Bonchev–Trinajstić information content (AvgIpc) is 1.97. The number of carboxylic acids is 1. The third-order valence-electron chi connectivity index (χ3n) is 2.89. The topological polar surface area (TPSA) is 46.5 Å². The van der Waals surface area contributed by atoms with Crippen molar-refractivity contribution in [1.82, 2.24) is 0 Å². The Bertz CT molecular complexity index is 206. The second kappa shape index (κ2) is 4.44. The first-order chi connectivity index (χ1) is 6.12. The Morgan fingerprint density at radius 2 is 1.86 bits per heavy atom. The molecule has 0 saturated heterocycles. The van der Waals surface area contributed by atoms with Crippen LogP contribution < -0.4 is 0 Å². The van der Waals surface area contributed by atoms with E-state index in [9.17, 15) is 4.79 Å². The summed E-state index contributed by atoms with van der Waals surface area (Å²) in [5, 5.41) is 8.96. The maximum atomic E-state index is 10.8. The predicted molar refractivity (Wildman–Crippen MR) is 60.0 cm³/mol. The molecule has 0 aliphatic rings. The molecule has 0 aromatic carbocycles. The largest absolute Gasteiger partial charge is 0.479 e. The van der Waals surface area contributed by atoms with Gasteiger partial charge in [-0.1, -0.05) is 27.7 Å². The lowest BCUT2D eigenvalue weighted by Crippen LogP contribution is -2.45. The Morgan fingerprint density at radius 3 is 2.07 bits per heavy atom. The minimum absolute atomic E-state index is 0.0653. The van der Waals surface area contributed by atoms with E-state index >= 15 is 0 Å². The maximum absolute atomic E-state index is 10.8. The van der Waals surface area contributed by atoms with Gasteiger partial charge in [-0.15, -0.1) is 0 Å². The summed E-state index contributed by atoms with van der Waals surface area (Å²) in [6.45, 7) is 12.3. The highest BCUT2D eigenvalue weighted by Crippen LogP contribution is 2.37. The fourth-order valence-electron chi connectivity index (χ4n) is 0.841. The van der Waals surface area contributed by atoms with Gasteiger partial charge in [0.2, 0.25) is 0 Å². The number of hydrogen-bond donors (Lipinski definition) is 1. The van der Waals surface area contributed by atoms with E-state index in [0.717, 1.165) is 0 Å². The Balaban J connectivity index is 4.56. The summed E-state index contributed by atoms with van der Waals surface area (Å²) in [6.07, 6.45) is -0.113. The standard InChI is InChI=1S/C10H22O3Si/c1-7-8(9(11)12)13-14(5,6)10(2,3)4/h8H,7H2,1-6H3,(H,11,12)/t8-/m1/s1. The molecule has 14 heavy (non-hydrogen) atoms. The molecule has 1 N–H and O–H groups in total. The lowest BCUT2D eigenvalue weighted by atomic mass is 10.2. The number of aliphatic carboxylic acids is 1. The van der Waals surface area contributed by atoms with Gasteiger partial charge in [0, 0.05) is 0 Å². The first-order valence-corrected chi connectivity index (χ1v) is 7.93. The summed E-state index contributed by atoms with van der Waals surface area (Å²) in [5.74, 6) is -0.850. The number of carboxylic acid groups (broad SMARTS) is 1. The SMILES string of the molecule is CC[C@@H](O[Si](C)(C)C(C)(C)C)C(=O)O. The smallest absolute Gasteiger partial charge is 0.331 e. The van der Waals surface area contributed by atoms with Crippen LogP contribution in [0, 0.1) is 0 Å². The van der Waals surface area contributed by atoms with E-state index in [-0.39, 0.29) is 5.04 Å². The zero-order valence-corrected chi connectivity index (χ0v) is 11.0. The minimum atomic E-state index is -1.93. The molecule has 0 radical (unpaired) electrons. The molecule has 0 unspecified atom stereocenters. The average molecular weight is 218 g/mol. The van der Waals surface area contributed by atoms with Gasteiger partial charge in [0.1, 0.15) is 6.10 Å². The van der Waals surface area contributed by atoms with Crippen molar-refractivity contribution in [1.29, 1.82) is 0 Å². The van der Waals surface area contributed by atoms with E-state index in [1.807, 2.05) is 6.92 Å². The Morgan fingerprint density at radius 1 is 1.43 bits per heavy atom. The van der Waals surface area contributed by atoms with Crippen molar-refractivity contribution in [2.45, 2.75) is 58.4 Å². The van der Waals surface area contributed by atoms with Gasteiger partial charge in [-0.2, -0.15) is 0 Å². The molecule has 0 rings (SSSR count). The summed E-state index contributed by atoms with van der Waals surface area (Å²) in [5.41, 5.74) is 0. The van der Waals surface area contributed by atoms with Crippen LogP contribution in [0.15, 0.2) is 0 Å². The summed E-state index contributed by atoms with van der Waals surface area (Å²) in [4.78, 5) is 10.8. The van der Waals surface area contributed by atoms with E-state index in [1.54, 1.807) is 0 Å². The lowest BCUT2D eigenvalue weighted by Gasteiger charge is -2.38. The first kappa shape index (κ1) is 13.6. The van der Waals surface area contributed by atoms with E-state index in [1.165, 1.54) is 0 Å². The Kier molecular flexibility index (Phi) is 4.33. The monoisotopic (exact) mass is 218 g/mol. The molecule has 0 fully saturated rings. The quantitative estimate of drug-likeness (QED) is 0.738. The molecule has 0 amide bonds. The summed E-state index contributed by atoms with van der Waals surface area (Å²) < 4.78 is 5.75. The van der Waals surface area contributed by atoms with Crippen LogP contribution >= 0.6 is 0 Å². The van der Waals surface area contributed by atoms with Crippen LogP contribution in [-0.4, -0.2) is 25.5 Å². The Hall–Kier alpha value is -0.353. The Labute approximate surface area is 87.6 Å². The predicted octanol–water partition coefficient (Wildman–Crippen LogP) is 2.87. The maximum Gasteiger partial charge on any atom is 0.331 e. The molecule has 0 spiro atoms. The van der Waals surface area contributed by atoms with E-state index in [2.05, 4.69) is 33.9 Å². The lowest BCUT2D eigenvalue weighted by molar-refractivity contribution is -0.145. The molecule has 84 valence electrons. The summed E-state index contributed by atoms with van der Waals surface area (Å²) in [7, 11) is -1.93. The van der Waals surface area contributed by atoms with Crippen molar-refractivity contribution in [2.75, 3.05) is 0 Å². The van der Waals surface area contributed by atoms with Gasteiger partial charge in [-0.25, -0.2) is 4.79 Å². The number of carbonyl (C=O) groups is 1. The van der Waals surface area contributed by atoms with Crippen LogP contribution in [0.2, 0.25) is 18.1 Å². The highest BCUT2D eigenvalue weighted by atomic mass is 28.4. The molecular weight excluding hydrogens is 196 g/mol. The second-order valence-electron chi connectivity index (χ2n) is 5.11. The summed E-state index contributed by atoms with van der Waals surface area (Å²) >= 11 is 0. The molecule has 3 nitrogen and oxygen atoms in total. The molecule has 1 atom stereocenters. The van der Waals surface area contributed by atoms with Crippen LogP contribution in [0.1, 0.15) is 34.1 Å². The summed E-state index contributed by atoms with van der Waals surface area (Å²) in [6, 6.07) is 0. The van der Waals surface area contributed by atoms with Crippen molar-refractivity contribution in [3.8, 4) is 0 Å². The van der Waals surface area contributed by atoms with E-state index < -0.39 is 20.4 Å². The highest BCUT2D eigenvalue weighted by Gasteiger charge is 2.40. The van der Waals surface area contributed by atoms with Crippen molar-refractivity contribution in [3.63, 3.8) is 0 Å². The molecule has 0 bridgehead atoms. The molecule has 0 aliphatic heterocycles. The number of rotatable bonds is 4. The highest BCUT2D eigenvalue weighted by molar-refractivity contribution is 6.74. The normalized spacial score (nSPS) is 15.3. The number of hydrogen-bond acceptors (Lipinski definition) is 2. The third kappa shape index (κ3) is 3.42. The van der Waals surface area contributed by atoms with Gasteiger partial charge in [0.25, 0.3) is 0 Å². The van der Waals surface area contributed by atoms with Gasteiger partial charge in [-0.3, -0.25) is 0 Å². The molecule has 0 heterocycles. The zero-order chi connectivity index (χ0) is 11.6. The van der Waals surface area contributed by atoms with Gasteiger partial charge in [0.15, 0.2) is 8.32 Å². The molecule has 0 saturated carbocycles. The third-order valence-corrected chi connectivity index (χ3v) is 7.38. The molecule has 4 heteroatoms. The zero-order valence-electron chi connectivity index (χ0n) is 10.0. The van der Waals surface area contributed by atoms with Gasteiger partial charge >= 0.3 is 5.97 Å².